The number of benzene rings is 1. The highest BCUT2D eigenvalue weighted by Crippen LogP contribution is 2.33. The van der Waals surface area contributed by atoms with Gasteiger partial charge in [0.1, 0.15) is 16.9 Å². The van der Waals surface area contributed by atoms with Crippen LogP contribution < -0.4 is 5.56 Å². The summed E-state index contributed by atoms with van der Waals surface area (Å²) in [5.41, 5.74) is 0.379. The van der Waals surface area contributed by atoms with Gasteiger partial charge in [0, 0.05) is 33.5 Å². The van der Waals surface area contributed by atoms with E-state index in [0.29, 0.717) is 10.2 Å². The van der Waals surface area contributed by atoms with Crippen LogP contribution in [0.25, 0.3) is 20.7 Å². The molecule has 10 heteroatoms. The van der Waals surface area contributed by atoms with Gasteiger partial charge >= 0.3 is 0 Å². The van der Waals surface area contributed by atoms with Crippen molar-refractivity contribution in [2.45, 2.75) is 0 Å². The van der Waals surface area contributed by atoms with Crippen LogP contribution in [0.4, 0.5) is 5.69 Å². The maximum absolute atomic E-state index is 12.8. The van der Waals surface area contributed by atoms with E-state index in [2.05, 4.69) is 10.1 Å². The van der Waals surface area contributed by atoms with Crippen LogP contribution in [0, 0.1) is 10.1 Å². The minimum absolute atomic E-state index is 0.125. The molecule has 4 aromatic rings. The molecule has 3 aromatic heterocycles. The van der Waals surface area contributed by atoms with Gasteiger partial charge in [-0.2, -0.15) is 9.78 Å². The first-order chi connectivity index (χ1) is 13.0. The van der Waals surface area contributed by atoms with E-state index in [1.807, 2.05) is 22.9 Å². The Labute approximate surface area is 159 Å². The van der Waals surface area contributed by atoms with E-state index >= 15 is 0 Å². The summed E-state index contributed by atoms with van der Waals surface area (Å²) in [6.45, 7) is 0. The Morgan fingerprint density at radius 3 is 2.89 bits per heavy atom. The summed E-state index contributed by atoms with van der Waals surface area (Å²) in [6.07, 6.45) is 2.47. The molecule has 0 radical (unpaired) electrons. The van der Waals surface area contributed by atoms with E-state index in [-0.39, 0.29) is 22.6 Å². The van der Waals surface area contributed by atoms with Gasteiger partial charge in [-0.15, -0.1) is 22.7 Å². The van der Waals surface area contributed by atoms with E-state index in [1.54, 1.807) is 0 Å². The standard InChI is InChI=1S/C17H10N4O4S2/c22-13-4-3-11(21(24)25)6-10(13)7-19-20-9-18-16-15(17(20)23)12(8-27-16)14-2-1-5-26-14/h1-9,22H/b19-7+. The summed E-state index contributed by atoms with van der Waals surface area (Å²) in [5.74, 6) is -0.179. The lowest BCUT2D eigenvalue weighted by molar-refractivity contribution is -0.384. The molecule has 3 heterocycles. The number of nitrogens with zero attached hydrogens (tertiary/aromatic N) is 4. The first kappa shape index (κ1) is 17.1. The summed E-state index contributed by atoms with van der Waals surface area (Å²) in [6, 6.07) is 7.40. The second-order valence-electron chi connectivity index (χ2n) is 5.45. The molecule has 0 aliphatic heterocycles. The largest absolute Gasteiger partial charge is 0.507 e. The molecular weight excluding hydrogens is 388 g/mol. The summed E-state index contributed by atoms with van der Waals surface area (Å²) in [4.78, 5) is 29.0. The third-order valence-electron chi connectivity index (χ3n) is 3.81. The lowest BCUT2D eigenvalue weighted by Crippen LogP contribution is -2.16. The molecule has 134 valence electrons. The number of hydrogen-bond donors (Lipinski definition) is 1. The molecule has 0 saturated heterocycles. The van der Waals surface area contributed by atoms with Crippen molar-refractivity contribution in [3.63, 3.8) is 0 Å². The topological polar surface area (TPSA) is 111 Å². The molecule has 0 bridgehead atoms. The number of phenols is 1. The first-order valence-corrected chi connectivity index (χ1v) is 9.35. The molecule has 0 spiro atoms. The summed E-state index contributed by atoms with van der Waals surface area (Å²) >= 11 is 2.89. The molecule has 0 aliphatic carbocycles. The lowest BCUT2D eigenvalue weighted by atomic mass is 10.2. The number of nitro groups is 1. The summed E-state index contributed by atoms with van der Waals surface area (Å²) in [7, 11) is 0. The van der Waals surface area contributed by atoms with Crippen molar-refractivity contribution in [1.82, 2.24) is 9.66 Å². The molecule has 0 unspecified atom stereocenters. The molecule has 0 fully saturated rings. The summed E-state index contributed by atoms with van der Waals surface area (Å²) in [5, 5.41) is 29.0. The highest BCUT2D eigenvalue weighted by Gasteiger charge is 2.14. The Kier molecular flexibility index (Phi) is 4.26. The van der Waals surface area contributed by atoms with Crippen molar-refractivity contribution >= 4 is 44.8 Å². The van der Waals surface area contributed by atoms with Crippen LogP contribution in [0.5, 0.6) is 5.75 Å². The molecule has 27 heavy (non-hydrogen) atoms. The number of aromatic hydroxyl groups is 1. The fraction of sp³-hybridized carbons (Fsp3) is 0. The van der Waals surface area contributed by atoms with Crippen molar-refractivity contribution < 1.29 is 10.0 Å². The van der Waals surface area contributed by atoms with Crippen molar-refractivity contribution in [3.05, 3.63) is 73.5 Å². The van der Waals surface area contributed by atoms with Gasteiger partial charge in [-0.1, -0.05) is 6.07 Å². The van der Waals surface area contributed by atoms with Crippen LogP contribution in [0.2, 0.25) is 0 Å². The quantitative estimate of drug-likeness (QED) is 0.320. The van der Waals surface area contributed by atoms with Crippen LogP contribution in [0.1, 0.15) is 5.56 Å². The van der Waals surface area contributed by atoms with Crippen molar-refractivity contribution in [2.75, 3.05) is 0 Å². The van der Waals surface area contributed by atoms with Crippen LogP contribution in [-0.4, -0.2) is 25.9 Å². The minimum Gasteiger partial charge on any atom is -0.507 e. The van der Waals surface area contributed by atoms with E-state index in [4.69, 9.17) is 0 Å². The van der Waals surface area contributed by atoms with Crippen molar-refractivity contribution in [2.24, 2.45) is 5.10 Å². The average Bonchev–Trinajstić information content (AvgIpc) is 3.31. The van der Waals surface area contributed by atoms with Gasteiger partial charge < -0.3 is 5.11 Å². The predicted octanol–water partition coefficient (Wildman–Crippen LogP) is 3.68. The fourth-order valence-electron chi connectivity index (χ4n) is 2.50. The Morgan fingerprint density at radius 1 is 1.30 bits per heavy atom. The van der Waals surface area contributed by atoms with Crippen LogP contribution >= 0.6 is 22.7 Å². The van der Waals surface area contributed by atoms with Gasteiger partial charge in [-0.25, -0.2) is 4.98 Å². The third-order valence-corrected chi connectivity index (χ3v) is 5.60. The molecule has 8 nitrogen and oxygen atoms in total. The zero-order valence-electron chi connectivity index (χ0n) is 13.5. The maximum Gasteiger partial charge on any atom is 0.283 e. The van der Waals surface area contributed by atoms with Gasteiger partial charge in [0.15, 0.2) is 0 Å². The first-order valence-electron chi connectivity index (χ1n) is 7.59. The second-order valence-corrected chi connectivity index (χ2v) is 7.25. The SMILES string of the molecule is O=c1c2c(-c3cccs3)csc2ncn1/N=C/c1cc([N+](=O)[O-])ccc1O. The van der Waals surface area contributed by atoms with E-state index in [1.165, 1.54) is 53.4 Å². The fourth-order valence-corrected chi connectivity index (χ4v) is 4.22. The zero-order chi connectivity index (χ0) is 19.0. The molecule has 1 N–H and O–H groups in total. The Balaban J connectivity index is 1.79. The predicted molar refractivity (Wildman–Crippen MR) is 105 cm³/mol. The number of thiophene rings is 2. The second kappa shape index (κ2) is 6.74. The van der Waals surface area contributed by atoms with Gasteiger partial charge in [-0.3, -0.25) is 14.9 Å². The minimum atomic E-state index is -0.574. The van der Waals surface area contributed by atoms with Crippen LogP contribution in [-0.2, 0) is 0 Å². The van der Waals surface area contributed by atoms with Crippen LogP contribution in [0.3, 0.4) is 0 Å². The number of nitro benzene ring substituents is 1. The number of phenolic OH excluding ortho intramolecular Hbond substituents is 1. The molecule has 0 aliphatic rings. The van der Waals surface area contributed by atoms with Gasteiger partial charge in [-0.05, 0) is 17.5 Å². The Morgan fingerprint density at radius 2 is 2.15 bits per heavy atom. The number of hydrogen-bond acceptors (Lipinski definition) is 8. The number of rotatable bonds is 4. The van der Waals surface area contributed by atoms with Gasteiger partial charge in [0.05, 0.1) is 16.5 Å². The van der Waals surface area contributed by atoms with Crippen molar-refractivity contribution in [3.8, 4) is 16.2 Å². The van der Waals surface area contributed by atoms with E-state index in [0.717, 1.165) is 15.1 Å². The number of aromatic nitrogens is 2. The van der Waals surface area contributed by atoms with Gasteiger partial charge in [0.25, 0.3) is 11.2 Å². The monoisotopic (exact) mass is 398 g/mol. The smallest absolute Gasteiger partial charge is 0.283 e. The Bertz CT molecular complexity index is 1240. The van der Waals surface area contributed by atoms with Crippen LogP contribution in [0.15, 0.2) is 57.3 Å². The molecular formula is C17H10N4O4S2. The van der Waals surface area contributed by atoms with Crippen molar-refractivity contribution in [1.29, 1.82) is 0 Å². The molecule has 1 aromatic carbocycles. The molecule has 0 saturated carbocycles. The lowest BCUT2D eigenvalue weighted by Gasteiger charge is -2.01. The Hall–Kier alpha value is -3.37. The molecule has 0 amide bonds. The summed E-state index contributed by atoms with van der Waals surface area (Å²) < 4.78 is 1.05. The molecule has 4 rings (SSSR count). The van der Waals surface area contributed by atoms with E-state index < -0.39 is 4.92 Å². The third kappa shape index (κ3) is 3.11. The normalized spacial score (nSPS) is 11.4. The average molecular weight is 398 g/mol. The highest BCUT2D eigenvalue weighted by atomic mass is 32.1. The maximum atomic E-state index is 12.8. The number of fused-ring (bicyclic) bond motifs is 1. The number of non-ortho nitro benzene ring substituents is 1. The zero-order valence-corrected chi connectivity index (χ0v) is 15.1. The highest BCUT2D eigenvalue weighted by molar-refractivity contribution is 7.18. The van der Waals surface area contributed by atoms with Gasteiger partial charge in [0.2, 0.25) is 0 Å². The van der Waals surface area contributed by atoms with E-state index in [9.17, 15) is 20.0 Å². The molecule has 0 atom stereocenters.